The van der Waals surface area contributed by atoms with Crippen LogP contribution in [0.15, 0.2) is 23.1 Å². The molecule has 0 N–H and O–H groups in total. The van der Waals surface area contributed by atoms with Gasteiger partial charge in [0.15, 0.2) is 0 Å². The Hall–Kier alpha value is -1.87. The molecule has 0 unspecified atom stereocenters. The van der Waals surface area contributed by atoms with E-state index in [-0.39, 0.29) is 19.1 Å². The SMILES string of the molecule is C[C@H]1CN(S(=O)(=O)c2cc(F)ccc2F)Cc2nnc(C3CC3)n21. The van der Waals surface area contributed by atoms with Crippen molar-refractivity contribution in [1.29, 1.82) is 0 Å². The summed E-state index contributed by atoms with van der Waals surface area (Å²) in [6.07, 6.45) is 2.14. The van der Waals surface area contributed by atoms with Crippen molar-refractivity contribution in [2.75, 3.05) is 6.54 Å². The van der Waals surface area contributed by atoms with E-state index in [2.05, 4.69) is 10.2 Å². The van der Waals surface area contributed by atoms with Gasteiger partial charge in [-0.1, -0.05) is 0 Å². The Bertz CT molecular complexity index is 908. The van der Waals surface area contributed by atoms with Crippen molar-refractivity contribution in [3.05, 3.63) is 41.5 Å². The summed E-state index contributed by atoms with van der Waals surface area (Å²) >= 11 is 0. The van der Waals surface area contributed by atoms with Gasteiger partial charge in [0.2, 0.25) is 10.0 Å². The number of hydrogen-bond acceptors (Lipinski definition) is 4. The number of rotatable bonds is 3. The minimum Gasteiger partial charge on any atom is -0.309 e. The number of hydrogen-bond donors (Lipinski definition) is 0. The predicted octanol–water partition coefficient (Wildman–Crippen LogP) is 2.20. The molecular formula is C15H16F2N4O2S. The van der Waals surface area contributed by atoms with Crippen LogP contribution in [0.25, 0.3) is 0 Å². The topological polar surface area (TPSA) is 68.1 Å². The second kappa shape index (κ2) is 5.32. The number of halogens is 2. The molecule has 2 heterocycles. The van der Waals surface area contributed by atoms with Gasteiger partial charge in [0.1, 0.15) is 28.2 Å². The molecule has 1 aromatic heterocycles. The molecule has 128 valence electrons. The number of aromatic nitrogens is 3. The van der Waals surface area contributed by atoms with Crippen LogP contribution in [0.1, 0.15) is 43.4 Å². The normalized spacial score (nSPS) is 21.7. The van der Waals surface area contributed by atoms with E-state index in [1.54, 1.807) is 0 Å². The van der Waals surface area contributed by atoms with E-state index in [0.29, 0.717) is 17.8 Å². The second-order valence-corrected chi connectivity index (χ2v) is 8.25. The Labute approximate surface area is 138 Å². The van der Waals surface area contributed by atoms with Gasteiger partial charge in [-0.15, -0.1) is 10.2 Å². The van der Waals surface area contributed by atoms with Gasteiger partial charge in [-0.2, -0.15) is 4.31 Å². The molecule has 0 bridgehead atoms. The first-order valence-corrected chi connectivity index (χ1v) is 9.21. The Balaban J connectivity index is 1.71. The summed E-state index contributed by atoms with van der Waals surface area (Å²) in [6.45, 7) is 2.05. The second-order valence-electron chi connectivity index (χ2n) is 6.34. The average Bonchev–Trinajstić information content (AvgIpc) is 3.29. The lowest BCUT2D eigenvalue weighted by Crippen LogP contribution is -2.41. The number of fused-ring (bicyclic) bond motifs is 1. The Morgan fingerprint density at radius 1 is 1.21 bits per heavy atom. The van der Waals surface area contributed by atoms with Crippen LogP contribution in [-0.2, 0) is 16.6 Å². The zero-order valence-corrected chi connectivity index (χ0v) is 13.8. The Morgan fingerprint density at radius 2 is 1.96 bits per heavy atom. The molecule has 1 aliphatic heterocycles. The Morgan fingerprint density at radius 3 is 2.67 bits per heavy atom. The summed E-state index contributed by atoms with van der Waals surface area (Å²) in [5.41, 5.74) is 0. The van der Waals surface area contributed by atoms with Crippen molar-refractivity contribution in [2.24, 2.45) is 0 Å². The summed E-state index contributed by atoms with van der Waals surface area (Å²) in [5, 5.41) is 8.29. The highest BCUT2D eigenvalue weighted by atomic mass is 32.2. The molecule has 0 saturated heterocycles. The molecule has 2 aliphatic rings. The third kappa shape index (κ3) is 2.42. The molecule has 1 aromatic carbocycles. The van der Waals surface area contributed by atoms with Crippen LogP contribution >= 0.6 is 0 Å². The fourth-order valence-electron chi connectivity index (χ4n) is 3.14. The lowest BCUT2D eigenvalue weighted by Gasteiger charge is -2.31. The maximum Gasteiger partial charge on any atom is 0.246 e. The molecule has 9 heteroatoms. The summed E-state index contributed by atoms with van der Waals surface area (Å²) in [7, 11) is -4.15. The van der Waals surface area contributed by atoms with Crippen LogP contribution in [0.5, 0.6) is 0 Å². The fourth-order valence-corrected chi connectivity index (χ4v) is 4.69. The molecule has 4 rings (SSSR count). The van der Waals surface area contributed by atoms with Crippen molar-refractivity contribution in [3.8, 4) is 0 Å². The monoisotopic (exact) mass is 354 g/mol. The molecule has 1 aliphatic carbocycles. The summed E-state index contributed by atoms with van der Waals surface area (Å²) in [6, 6.07) is 2.27. The van der Waals surface area contributed by atoms with Gasteiger partial charge >= 0.3 is 0 Å². The molecule has 1 saturated carbocycles. The van der Waals surface area contributed by atoms with Crippen molar-refractivity contribution >= 4 is 10.0 Å². The van der Waals surface area contributed by atoms with Crippen LogP contribution in [0.2, 0.25) is 0 Å². The molecule has 0 amide bonds. The highest BCUT2D eigenvalue weighted by Gasteiger charge is 2.38. The van der Waals surface area contributed by atoms with E-state index in [4.69, 9.17) is 0 Å². The maximum absolute atomic E-state index is 13.9. The molecule has 24 heavy (non-hydrogen) atoms. The Kier molecular flexibility index (Phi) is 3.47. The lowest BCUT2D eigenvalue weighted by atomic mass is 10.2. The third-order valence-corrected chi connectivity index (χ3v) is 6.30. The van der Waals surface area contributed by atoms with Gasteiger partial charge < -0.3 is 4.57 Å². The van der Waals surface area contributed by atoms with Gasteiger partial charge in [-0.3, -0.25) is 0 Å². The largest absolute Gasteiger partial charge is 0.309 e. The maximum atomic E-state index is 13.9. The van der Waals surface area contributed by atoms with E-state index in [9.17, 15) is 17.2 Å². The quantitative estimate of drug-likeness (QED) is 0.847. The van der Waals surface area contributed by atoms with E-state index < -0.39 is 26.6 Å². The van der Waals surface area contributed by atoms with E-state index in [1.807, 2.05) is 11.5 Å². The summed E-state index contributed by atoms with van der Waals surface area (Å²) in [5.74, 6) is 0.0778. The van der Waals surface area contributed by atoms with Gasteiger partial charge in [0.25, 0.3) is 0 Å². The van der Waals surface area contributed by atoms with Crippen LogP contribution in [-0.4, -0.2) is 34.0 Å². The highest BCUT2D eigenvalue weighted by Crippen LogP contribution is 2.41. The van der Waals surface area contributed by atoms with Crippen molar-refractivity contribution < 1.29 is 17.2 Å². The first-order valence-electron chi connectivity index (χ1n) is 7.77. The van der Waals surface area contributed by atoms with Crippen molar-refractivity contribution in [2.45, 2.75) is 43.2 Å². The molecule has 2 aromatic rings. The molecule has 0 spiro atoms. The molecule has 1 atom stereocenters. The van der Waals surface area contributed by atoms with Crippen LogP contribution in [0, 0.1) is 11.6 Å². The van der Waals surface area contributed by atoms with Gasteiger partial charge in [0.05, 0.1) is 6.54 Å². The van der Waals surface area contributed by atoms with Gasteiger partial charge in [-0.25, -0.2) is 17.2 Å². The predicted molar refractivity (Wildman–Crippen MR) is 80.7 cm³/mol. The van der Waals surface area contributed by atoms with Crippen molar-refractivity contribution in [3.63, 3.8) is 0 Å². The van der Waals surface area contributed by atoms with E-state index >= 15 is 0 Å². The molecule has 1 fully saturated rings. The molecule has 0 radical (unpaired) electrons. The van der Waals surface area contributed by atoms with Crippen LogP contribution in [0.3, 0.4) is 0 Å². The number of nitrogens with zero attached hydrogens (tertiary/aromatic N) is 4. The average molecular weight is 354 g/mol. The smallest absolute Gasteiger partial charge is 0.246 e. The van der Waals surface area contributed by atoms with Crippen LogP contribution in [0.4, 0.5) is 8.78 Å². The summed E-state index contributed by atoms with van der Waals surface area (Å²) in [4.78, 5) is -0.648. The van der Waals surface area contributed by atoms with Gasteiger partial charge in [0, 0.05) is 18.5 Å². The zero-order valence-electron chi connectivity index (χ0n) is 13.0. The third-order valence-electron chi connectivity index (χ3n) is 4.47. The lowest BCUT2D eigenvalue weighted by molar-refractivity contribution is 0.286. The highest BCUT2D eigenvalue weighted by molar-refractivity contribution is 7.89. The standard InChI is InChI=1S/C15H16F2N4O2S/c1-9-7-20(8-14-18-19-15(21(9)14)10-2-3-10)24(22,23)13-6-11(16)4-5-12(13)17/h4-6,9-10H,2-3,7-8H2,1H3/t9-/m0/s1. The molecule has 6 nitrogen and oxygen atoms in total. The van der Waals surface area contributed by atoms with Crippen LogP contribution < -0.4 is 0 Å². The first kappa shape index (κ1) is 15.6. The minimum absolute atomic E-state index is 0.00233. The summed E-state index contributed by atoms with van der Waals surface area (Å²) < 4.78 is 55.9. The van der Waals surface area contributed by atoms with Gasteiger partial charge in [-0.05, 0) is 38.0 Å². The fraction of sp³-hybridized carbons (Fsp3) is 0.467. The molecular weight excluding hydrogens is 338 g/mol. The van der Waals surface area contributed by atoms with E-state index in [1.165, 1.54) is 0 Å². The number of benzene rings is 1. The zero-order chi connectivity index (χ0) is 17.1. The van der Waals surface area contributed by atoms with Crippen molar-refractivity contribution in [1.82, 2.24) is 19.1 Å². The first-order chi connectivity index (χ1) is 11.4. The minimum atomic E-state index is -4.15. The number of sulfonamides is 1. The van der Waals surface area contributed by atoms with E-state index in [0.717, 1.165) is 35.1 Å².